The lowest BCUT2D eigenvalue weighted by molar-refractivity contribution is 0.184. The van der Waals surface area contributed by atoms with Gasteiger partial charge in [-0.15, -0.1) is 0 Å². The van der Waals surface area contributed by atoms with E-state index >= 15 is 0 Å². The van der Waals surface area contributed by atoms with Crippen molar-refractivity contribution >= 4 is 11.6 Å². The van der Waals surface area contributed by atoms with E-state index in [0.717, 1.165) is 48.6 Å². The Bertz CT molecular complexity index is 372. The Hall–Kier alpha value is -0.580. The molecule has 1 aromatic rings. The minimum absolute atomic E-state index is 0.730. The molecule has 0 bridgehead atoms. The Morgan fingerprint density at radius 2 is 2.41 bits per heavy atom. The van der Waals surface area contributed by atoms with Crippen molar-refractivity contribution in [3.8, 4) is 0 Å². The summed E-state index contributed by atoms with van der Waals surface area (Å²) >= 11 is 6.16. The summed E-state index contributed by atoms with van der Waals surface area (Å²) in [7, 11) is 1.87. The van der Waals surface area contributed by atoms with Crippen molar-refractivity contribution < 1.29 is 4.74 Å². The van der Waals surface area contributed by atoms with E-state index in [1.165, 1.54) is 12.8 Å². The van der Waals surface area contributed by atoms with Crippen LogP contribution < -0.4 is 5.32 Å². The van der Waals surface area contributed by atoms with Crippen LogP contribution in [0, 0.1) is 12.8 Å². The van der Waals surface area contributed by atoms with Crippen LogP contribution in [0.2, 0.25) is 5.15 Å². The Labute approximate surface area is 107 Å². The van der Waals surface area contributed by atoms with Crippen LogP contribution in [0.5, 0.6) is 0 Å². The van der Waals surface area contributed by atoms with Crippen molar-refractivity contribution in [3.63, 3.8) is 0 Å². The third-order valence-electron chi connectivity index (χ3n) is 3.32. The predicted molar refractivity (Wildman–Crippen MR) is 68.2 cm³/mol. The fourth-order valence-electron chi connectivity index (χ4n) is 2.21. The maximum atomic E-state index is 6.16. The molecule has 0 aliphatic carbocycles. The highest BCUT2D eigenvalue weighted by Gasteiger charge is 2.15. The van der Waals surface area contributed by atoms with Gasteiger partial charge in [0.25, 0.3) is 0 Å². The quantitative estimate of drug-likeness (QED) is 0.819. The van der Waals surface area contributed by atoms with E-state index in [2.05, 4.69) is 10.4 Å². The highest BCUT2D eigenvalue weighted by Crippen LogP contribution is 2.19. The largest absolute Gasteiger partial charge is 0.381 e. The topological polar surface area (TPSA) is 39.1 Å². The van der Waals surface area contributed by atoms with Gasteiger partial charge in [0.05, 0.1) is 5.69 Å². The van der Waals surface area contributed by atoms with E-state index < -0.39 is 0 Å². The molecule has 0 amide bonds. The molecule has 0 radical (unpaired) electrons. The maximum absolute atomic E-state index is 6.16. The van der Waals surface area contributed by atoms with Gasteiger partial charge < -0.3 is 10.1 Å². The van der Waals surface area contributed by atoms with Crippen LogP contribution in [-0.4, -0.2) is 29.5 Å². The van der Waals surface area contributed by atoms with E-state index in [1.54, 1.807) is 4.68 Å². The van der Waals surface area contributed by atoms with E-state index in [4.69, 9.17) is 16.3 Å². The molecule has 1 fully saturated rings. The van der Waals surface area contributed by atoms with Gasteiger partial charge in [0.2, 0.25) is 0 Å². The number of aromatic nitrogens is 2. The van der Waals surface area contributed by atoms with Crippen molar-refractivity contribution in [2.45, 2.75) is 26.3 Å². The fourth-order valence-corrected chi connectivity index (χ4v) is 2.45. The van der Waals surface area contributed by atoms with E-state index in [9.17, 15) is 0 Å². The fraction of sp³-hybridized carbons (Fsp3) is 0.750. The highest BCUT2D eigenvalue weighted by atomic mass is 35.5. The van der Waals surface area contributed by atoms with E-state index in [0.29, 0.717) is 0 Å². The molecule has 2 rings (SSSR count). The number of halogens is 1. The lowest BCUT2D eigenvalue weighted by Gasteiger charge is -2.08. The average molecular weight is 258 g/mol. The van der Waals surface area contributed by atoms with E-state index in [1.807, 2.05) is 14.0 Å². The van der Waals surface area contributed by atoms with Crippen LogP contribution in [0.1, 0.15) is 24.1 Å². The predicted octanol–water partition coefficient (Wildman–Crippen LogP) is 1.90. The summed E-state index contributed by atoms with van der Waals surface area (Å²) in [4.78, 5) is 0. The standard InChI is InChI=1S/C12H20ClN3O/c1-9-11(12(13)16(2)15-9)7-14-5-3-10-4-6-17-8-10/h10,14H,3-8H2,1-2H3. The number of hydrogen-bond donors (Lipinski definition) is 1. The van der Waals surface area contributed by atoms with E-state index in [-0.39, 0.29) is 0 Å². The minimum Gasteiger partial charge on any atom is -0.381 e. The van der Waals surface area contributed by atoms with Gasteiger partial charge >= 0.3 is 0 Å². The van der Waals surface area contributed by atoms with Gasteiger partial charge in [0.15, 0.2) is 0 Å². The van der Waals surface area contributed by atoms with Crippen LogP contribution in [-0.2, 0) is 18.3 Å². The molecule has 1 unspecified atom stereocenters. The van der Waals surface area contributed by atoms with Crippen LogP contribution in [0.15, 0.2) is 0 Å². The summed E-state index contributed by atoms with van der Waals surface area (Å²) in [6.07, 6.45) is 2.38. The Balaban J connectivity index is 1.74. The SMILES string of the molecule is Cc1nn(C)c(Cl)c1CNCCC1CCOC1. The molecular weight excluding hydrogens is 238 g/mol. The number of ether oxygens (including phenoxy) is 1. The van der Waals surface area contributed by atoms with Crippen LogP contribution in [0.25, 0.3) is 0 Å². The first-order valence-corrected chi connectivity index (χ1v) is 6.52. The van der Waals surface area contributed by atoms with Gasteiger partial charge in [0, 0.05) is 32.4 Å². The molecule has 1 atom stereocenters. The lowest BCUT2D eigenvalue weighted by atomic mass is 10.1. The molecule has 1 N–H and O–H groups in total. The third kappa shape index (κ3) is 3.21. The third-order valence-corrected chi connectivity index (χ3v) is 3.80. The molecule has 17 heavy (non-hydrogen) atoms. The molecule has 0 aromatic carbocycles. The molecule has 0 spiro atoms. The summed E-state index contributed by atoms with van der Waals surface area (Å²) in [5.41, 5.74) is 2.12. The monoisotopic (exact) mass is 257 g/mol. The Kier molecular flexibility index (Phi) is 4.42. The zero-order valence-corrected chi connectivity index (χ0v) is 11.3. The molecular formula is C12H20ClN3O. The smallest absolute Gasteiger partial charge is 0.131 e. The average Bonchev–Trinajstić information content (AvgIpc) is 2.87. The molecule has 5 heteroatoms. The van der Waals surface area contributed by atoms with Gasteiger partial charge in [-0.1, -0.05) is 11.6 Å². The molecule has 4 nitrogen and oxygen atoms in total. The molecule has 1 aliphatic rings. The first kappa shape index (κ1) is 12.9. The van der Waals surface area contributed by atoms with Gasteiger partial charge in [-0.05, 0) is 32.2 Å². The van der Waals surface area contributed by atoms with Gasteiger partial charge in [0.1, 0.15) is 5.15 Å². The normalized spacial score (nSPS) is 20.1. The number of nitrogens with zero attached hydrogens (tertiary/aromatic N) is 2. The van der Waals surface area contributed by atoms with Gasteiger partial charge in [-0.2, -0.15) is 5.10 Å². The van der Waals surface area contributed by atoms with Crippen molar-refractivity contribution in [1.82, 2.24) is 15.1 Å². The summed E-state index contributed by atoms with van der Waals surface area (Å²) < 4.78 is 7.07. The molecule has 2 heterocycles. The first-order chi connectivity index (χ1) is 8.18. The molecule has 1 saturated heterocycles. The van der Waals surface area contributed by atoms with Crippen LogP contribution >= 0.6 is 11.6 Å². The van der Waals surface area contributed by atoms with Crippen molar-refractivity contribution in [2.24, 2.45) is 13.0 Å². The van der Waals surface area contributed by atoms with Crippen molar-refractivity contribution in [3.05, 3.63) is 16.4 Å². The summed E-state index contributed by atoms with van der Waals surface area (Å²) in [5.74, 6) is 0.730. The van der Waals surface area contributed by atoms with Gasteiger partial charge in [-0.3, -0.25) is 4.68 Å². The Morgan fingerprint density at radius 3 is 3.00 bits per heavy atom. The maximum Gasteiger partial charge on any atom is 0.131 e. The molecule has 1 aromatic heterocycles. The number of hydrogen-bond acceptors (Lipinski definition) is 3. The number of rotatable bonds is 5. The summed E-state index contributed by atoms with van der Waals surface area (Å²) in [6.45, 7) is 5.66. The van der Waals surface area contributed by atoms with Crippen molar-refractivity contribution in [2.75, 3.05) is 19.8 Å². The second kappa shape index (κ2) is 5.85. The lowest BCUT2D eigenvalue weighted by Crippen LogP contribution is -2.18. The highest BCUT2D eigenvalue weighted by molar-refractivity contribution is 6.30. The molecule has 1 aliphatic heterocycles. The molecule has 96 valence electrons. The Morgan fingerprint density at radius 1 is 1.59 bits per heavy atom. The summed E-state index contributed by atoms with van der Waals surface area (Å²) in [6, 6.07) is 0. The second-order valence-electron chi connectivity index (χ2n) is 4.67. The van der Waals surface area contributed by atoms with Gasteiger partial charge in [-0.25, -0.2) is 0 Å². The zero-order chi connectivity index (χ0) is 12.3. The zero-order valence-electron chi connectivity index (χ0n) is 10.5. The number of aryl methyl sites for hydroxylation is 2. The summed E-state index contributed by atoms with van der Waals surface area (Å²) in [5, 5.41) is 8.46. The number of nitrogens with one attached hydrogen (secondary N) is 1. The second-order valence-corrected chi connectivity index (χ2v) is 5.03. The van der Waals surface area contributed by atoms with Crippen LogP contribution in [0.3, 0.4) is 0 Å². The minimum atomic E-state index is 0.730. The van der Waals surface area contributed by atoms with Crippen LogP contribution in [0.4, 0.5) is 0 Å². The molecule has 0 saturated carbocycles. The first-order valence-electron chi connectivity index (χ1n) is 6.15. The van der Waals surface area contributed by atoms with Crippen molar-refractivity contribution in [1.29, 1.82) is 0 Å².